The molecule has 0 radical (unpaired) electrons. The number of aliphatic imine (C=N–C) groups is 1. The number of allylic oxidation sites excluding steroid dienone is 10. The number of nitrogens with zero attached hydrogens (tertiary/aromatic N) is 2. The van der Waals surface area contributed by atoms with Crippen molar-refractivity contribution in [2.45, 2.75) is 53.4 Å². The monoisotopic (exact) mass is 456 g/mol. The first-order valence-electron chi connectivity index (χ1n) is 12.4. The van der Waals surface area contributed by atoms with E-state index in [0.29, 0.717) is 5.92 Å². The molecule has 0 N–H and O–H groups in total. The zero-order valence-corrected chi connectivity index (χ0v) is 22.0. The Hall–Kier alpha value is -3.13. The molecule has 0 heterocycles. The van der Waals surface area contributed by atoms with Gasteiger partial charge in [0.05, 0.1) is 0 Å². The van der Waals surface area contributed by atoms with Crippen LogP contribution >= 0.6 is 0 Å². The summed E-state index contributed by atoms with van der Waals surface area (Å²) in [6, 6.07) is 8.83. The fourth-order valence-electron chi connectivity index (χ4n) is 3.20. The Labute approximate surface area is 209 Å². The van der Waals surface area contributed by atoms with Gasteiger partial charge in [-0.2, -0.15) is 0 Å². The summed E-state index contributed by atoms with van der Waals surface area (Å²) >= 11 is 0. The molecule has 0 aliphatic carbocycles. The largest absolute Gasteiger partial charge is 0.375 e. The molecular weight excluding hydrogens is 412 g/mol. The summed E-state index contributed by atoms with van der Waals surface area (Å²) in [4.78, 5) is 6.61. The minimum absolute atomic E-state index is 0.333. The lowest BCUT2D eigenvalue weighted by Gasteiger charge is -2.21. The average Bonchev–Trinajstić information content (AvgIpc) is 2.87. The topological polar surface area (TPSA) is 15.6 Å². The van der Waals surface area contributed by atoms with Gasteiger partial charge in [-0.05, 0) is 68.2 Å². The molecule has 0 amide bonds. The van der Waals surface area contributed by atoms with Gasteiger partial charge in [-0.25, -0.2) is 0 Å². The van der Waals surface area contributed by atoms with Crippen LogP contribution in [0.5, 0.6) is 0 Å². The molecule has 1 aromatic rings. The van der Waals surface area contributed by atoms with Crippen molar-refractivity contribution >= 4 is 11.9 Å². The van der Waals surface area contributed by atoms with Crippen LogP contribution in [0, 0.1) is 5.92 Å². The van der Waals surface area contributed by atoms with E-state index in [1.165, 1.54) is 28.0 Å². The summed E-state index contributed by atoms with van der Waals surface area (Å²) in [6.07, 6.45) is 24.7. The second-order valence-electron chi connectivity index (χ2n) is 8.40. The van der Waals surface area contributed by atoms with Crippen molar-refractivity contribution in [1.82, 2.24) is 4.90 Å². The van der Waals surface area contributed by atoms with E-state index < -0.39 is 0 Å². The minimum atomic E-state index is 0.333. The van der Waals surface area contributed by atoms with Crippen LogP contribution in [0.3, 0.4) is 0 Å². The lowest BCUT2D eigenvalue weighted by molar-refractivity contribution is 0.508. The first-order valence-corrected chi connectivity index (χ1v) is 12.4. The summed E-state index contributed by atoms with van der Waals surface area (Å²) in [5.41, 5.74) is 6.23. The fraction of sp³-hybridized carbons (Fsp3) is 0.344. The Balaban J connectivity index is 2.78. The molecule has 34 heavy (non-hydrogen) atoms. The van der Waals surface area contributed by atoms with Gasteiger partial charge in [0.2, 0.25) is 0 Å². The molecule has 0 aromatic heterocycles. The highest BCUT2D eigenvalue weighted by Gasteiger charge is 2.05. The SMILES string of the molecule is C=C/C(C)=C(C)\C=C\C(C=C)C/C=C/C/C=C(/c1ccc(CC=N/C=C\CC)cc1)N(C)CC. The van der Waals surface area contributed by atoms with E-state index in [-0.39, 0.29) is 0 Å². The number of hydrogen-bond donors (Lipinski definition) is 0. The van der Waals surface area contributed by atoms with Gasteiger partial charge < -0.3 is 4.90 Å². The Kier molecular flexibility index (Phi) is 14.8. The molecule has 1 aromatic carbocycles. The highest BCUT2D eigenvalue weighted by Crippen LogP contribution is 2.20. The van der Waals surface area contributed by atoms with Crippen molar-refractivity contribution in [3.05, 3.63) is 115 Å². The molecule has 2 heteroatoms. The fourth-order valence-corrected chi connectivity index (χ4v) is 3.20. The van der Waals surface area contributed by atoms with Gasteiger partial charge in [-0.1, -0.05) is 86.4 Å². The maximum atomic E-state index is 4.31. The van der Waals surface area contributed by atoms with Crippen LogP contribution in [0.4, 0.5) is 0 Å². The molecule has 0 aliphatic heterocycles. The van der Waals surface area contributed by atoms with E-state index in [2.05, 4.69) is 119 Å². The second kappa shape index (κ2) is 17.4. The zero-order valence-electron chi connectivity index (χ0n) is 22.0. The molecule has 1 atom stereocenters. The van der Waals surface area contributed by atoms with E-state index in [1.54, 1.807) is 0 Å². The maximum absolute atomic E-state index is 4.31. The first kappa shape index (κ1) is 28.9. The third-order valence-electron chi connectivity index (χ3n) is 5.84. The van der Waals surface area contributed by atoms with Gasteiger partial charge in [0, 0.05) is 38.1 Å². The summed E-state index contributed by atoms with van der Waals surface area (Å²) in [5.74, 6) is 0.333. The van der Waals surface area contributed by atoms with Gasteiger partial charge in [0.1, 0.15) is 0 Å². The maximum Gasteiger partial charge on any atom is 0.0399 e. The molecule has 1 rings (SSSR count). The van der Waals surface area contributed by atoms with Gasteiger partial charge in [-0.3, -0.25) is 4.99 Å². The molecule has 0 saturated heterocycles. The highest BCUT2D eigenvalue weighted by atomic mass is 15.1. The van der Waals surface area contributed by atoms with Gasteiger partial charge in [-0.15, -0.1) is 6.58 Å². The van der Waals surface area contributed by atoms with Crippen molar-refractivity contribution in [3.63, 3.8) is 0 Å². The molecular formula is C32H44N2. The minimum Gasteiger partial charge on any atom is -0.375 e. The number of rotatable bonds is 15. The molecule has 0 saturated carbocycles. The van der Waals surface area contributed by atoms with Gasteiger partial charge in [0.25, 0.3) is 0 Å². The third-order valence-corrected chi connectivity index (χ3v) is 5.84. The molecule has 0 bridgehead atoms. The number of benzene rings is 1. The lowest BCUT2D eigenvalue weighted by atomic mass is 10.0. The predicted molar refractivity (Wildman–Crippen MR) is 154 cm³/mol. The van der Waals surface area contributed by atoms with Crippen LogP contribution in [0.15, 0.2) is 108 Å². The third kappa shape index (κ3) is 11.1. The van der Waals surface area contributed by atoms with Gasteiger partial charge in [0.15, 0.2) is 0 Å². The highest BCUT2D eigenvalue weighted by molar-refractivity contribution is 5.66. The Bertz CT molecular complexity index is 920. The molecule has 182 valence electrons. The quantitative estimate of drug-likeness (QED) is 0.146. The van der Waals surface area contributed by atoms with E-state index in [0.717, 1.165) is 32.2 Å². The Morgan fingerprint density at radius 2 is 1.76 bits per heavy atom. The van der Waals surface area contributed by atoms with Crippen molar-refractivity contribution < 1.29 is 0 Å². The lowest BCUT2D eigenvalue weighted by Crippen LogP contribution is -2.15. The Morgan fingerprint density at radius 1 is 1.03 bits per heavy atom. The predicted octanol–water partition coefficient (Wildman–Crippen LogP) is 8.73. The van der Waals surface area contributed by atoms with Crippen molar-refractivity contribution in [1.29, 1.82) is 0 Å². The van der Waals surface area contributed by atoms with Crippen molar-refractivity contribution in [2.24, 2.45) is 10.9 Å². The molecule has 0 spiro atoms. The van der Waals surface area contributed by atoms with Crippen LogP contribution in [0.1, 0.15) is 58.1 Å². The second-order valence-corrected chi connectivity index (χ2v) is 8.40. The van der Waals surface area contributed by atoms with Crippen LogP contribution in [-0.2, 0) is 6.42 Å². The summed E-state index contributed by atoms with van der Waals surface area (Å²) < 4.78 is 0. The van der Waals surface area contributed by atoms with E-state index in [9.17, 15) is 0 Å². The molecule has 0 aliphatic rings. The standard InChI is InChI=1S/C32H44N2/c1-8-12-25-33-26-24-30-20-22-31(23-21-30)32(34(7)11-4)17-15-13-14-16-29(10-3)19-18-28(6)27(5)9-2/h9-10,12-14,17-23,25-26,29H,2-3,8,11,15-16,24H2,1,4-7H3/b14-13+,19-18+,25-12-,28-27-,32-17-,33-26?. The van der Waals surface area contributed by atoms with Crippen molar-refractivity contribution in [3.8, 4) is 0 Å². The Morgan fingerprint density at radius 3 is 2.38 bits per heavy atom. The summed E-state index contributed by atoms with van der Waals surface area (Å²) in [6.45, 7) is 17.3. The smallest absolute Gasteiger partial charge is 0.0399 e. The van der Waals surface area contributed by atoms with Crippen LogP contribution < -0.4 is 0 Å². The van der Waals surface area contributed by atoms with Crippen LogP contribution in [0.2, 0.25) is 0 Å². The van der Waals surface area contributed by atoms with Gasteiger partial charge >= 0.3 is 0 Å². The normalized spacial score (nSPS) is 14.3. The van der Waals surface area contributed by atoms with Crippen LogP contribution in [0.25, 0.3) is 5.70 Å². The van der Waals surface area contributed by atoms with Crippen LogP contribution in [-0.4, -0.2) is 24.7 Å². The number of hydrogen-bond acceptors (Lipinski definition) is 2. The van der Waals surface area contributed by atoms with E-state index in [4.69, 9.17) is 0 Å². The van der Waals surface area contributed by atoms with E-state index in [1.807, 2.05) is 24.6 Å². The average molecular weight is 457 g/mol. The molecule has 2 nitrogen and oxygen atoms in total. The van der Waals surface area contributed by atoms with E-state index >= 15 is 0 Å². The summed E-state index contributed by atoms with van der Waals surface area (Å²) in [5, 5.41) is 0. The first-order chi connectivity index (χ1) is 16.5. The molecule has 0 fully saturated rings. The molecule has 1 unspecified atom stereocenters. The zero-order chi connectivity index (χ0) is 25.2. The van der Waals surface area contributed by atoms with Crippen molar-refractivity contribution in [2.75, 3.05) is 13.6 Å². The summed E-state index contributed by atoms with van der Waals surface area (Å²) in [7, 11) is 2.15.